The molecule has 1 heterocycles. The summed E-state index contributed by atoms with van der Waals surface area (Å²) in [4.78, 5) is 4.28. The predicted molar refractivity (Wildman–Crippen MR) is 71.2 cm³/mol. The van der Waals surface area contributed by atoms with Crippen LogP contribution in [0.2, 0.25) is 5.02 Å². The zero-order chi connectivity index (χ0) is 13.0. The standard InChI is InChI=1S/C14H14ClFN2/c1-17-14(13-6-5-11(15)9-18-13)8-10-3-2-4-12(16)7-10/h2-7,9,14,17H,8H2,1H3. The summed E-state index contributed by atoms with van der Waals surface area (Å²) in [7, 11) is 1.86. The Balaban J connectivity index is 2.17. The van der Waals surface area contributed by atoms with Gasteiger partial charge in [-0.25, -0.2) is 4.39 Å². The highest BCUT2D eigenvalue weighted by Crippen LogP contribution is 2.18. The van der Waals surface area contributed by atoms with Gasteiger partial charge in [-0.05, 0) is 43.3 Å². The normalized spacial score (nSPS) is 12.4. The van der Waals surface area contributed by atoms with Crippen molar-refractivity contribution in [2.45, 2.75) is 12.5 Å². The van der Waals surface area contributed by atoms with Crippen LogP contribution in [0.1, 0.15) is 17.3 Å². The molecule has 1 aromatic heterocycles. The van der Waals surface area contributed by atoms with Crippen molar-refractivity contribution < 1.29 is 4.39 Å². The number of benzene rings is 1. The van der Waals surface area contributed by atoms with E-state index in [9.17, 15) is 4.39 Å². The highest BCUT2D eigenvalue weighted by atomic mass is 35.5. The fourth-order valence-corrected chi connectivity index (χ4v) is 1.96. The van der Waals surface area contributed by atoms with Gasteiger partial charge in [0.1, 0.15) is 5.82 Å². The van der Waals surface area contributed by atoms with Gasteiger partial charge in [0.05, 0.1) is 16.8 Å². The van der Waals surface area contributed by atoms with Crippen molar-refractivity contribution in [3.8, 4) is 0 Å². The summed E-state index contributed by atoms with van der Waals surface area (Å²) in [6.45, 7) is 0. The minimum atomic E-state index is -0.216. The predicted octanol–water partition coefficient (Wildman–Crippen LogP) is 3.38. The Morgan fingerprint density at radius 2 is 2.17 bits per heavy atom. The van der Waals surface area contributed by atoms with E-state index in [1.165, 1.54) is 6.07 Å². The molecular weight excluding hydrogens is 251 g/mol. The molecule has 18 heavy (non-hydrogen) atoms. The molecule has 2 aromatic rings. The molecule has 2 rings (SSSR count). The maximum absolute atomic E-state index is 13.1. The SMILES string of the molecule is CNC(Cc1cccc(F)c1)c1ccc(Cl)cn1. The van der Waals surface area contributed by atoms with Gasteiger partial charge in [0, 0.05) is 6.20 Å². The van der Waals surface area contributed by atoms with Gasteiger partial charge in [-0.3, -0.25) is 4.98 Å². The van der Waals surface area contributed by atoms with Gasteiger partial charge < -0.3 is 5.32 Å². The van der Waals surface area contributed by atoms with E-state index in [2.05, 4.69) is 10.3 Å². The van der Waals surface area contributed by atoms with Crippen LogP contribution in [0.15, 0.2) is 42.6 Å². The third-order valence-corrected chi connectivity index (χ3v) is 3.01. The second-order valence-corrected chi connectivity index (χ2v) is 4.51. The number of aromatic nitrogens is 1. The Labute approximate surface area is 111 Å². The lowest BCUT2D eigenvalue weighted by molar-refractivity contribution is 0.570. The van der Waals surface area contributed by atoms with Crippen molar-refractivity contribution in [3.63, 3.8) is 0 Å². The number of likely N-dealkylation sites (N-methyl/N-ethyl adjacent to an activating group) is 1. The minimum absolute atomic E-state index is 0.0454. The summed E-state index contributed by atoms with van der Waals surface area (Å²) in [5.41, 5.74) is 1.83. The van der Waals surface area contributed by atoms with Gasteiger partial charge >= 0.3 is 0 Å². The zero-order valence-corrected chi connectivity index (χ0v) is 10.8. The number of nitrogens with one attached hydrogen (secondary N) is 1. The summed E-state index contributed by atoms with van der Waals surface area (Å²) in [5.74, 6) is -0.216. The van der Waals surface area contributed by atoms with Crippen LogP contribution in [0.5, 0.6) is 0 Å². The molecule has 4 heteroatoms. The van der Waals surface area contributed by atoms with Crippen LogP contribution in [0.25, 0.3) is 0 Å². The van der Waals surface area contributed by atoms with Gasteiger partial charge in [0.25, 0.3) is 0 Å². The van der Waals surface area contributed by atoms with E-state index < -0.39 is 0 Å². The molecule has 0 saturated heterocycles. The second kappa shape index (κ2) is 5.94. The van der Waals surface area contributed by atoms with Gasteiger partial charge in [0.15, 0.2) is 0 Å². The summed E-state index contributed by atoms with van der Waals surface area (Å²) in [5, 5.41) is 3.79. The smallest absolute Gasteiger partial charge is 0.123 e. The molecule has 0 radical (unpaired) electrons. The largest absolute Gasteiger partial charge is 0.311 e. The number of hydrogen-bond donors (Lipinski definition) is 1. The number of halogens is 2. The second-order valence-electron chi connectivity index (χ2n) is 4.08. The summed E-state index contributed by atoms with van der Waals surface area (Å²) in [6.07, 6.45) is 2.30. The molecule has 0 aliphatic carbocycles. The molecule has 0 aliphatic rings. The molecule has 1 aromatic carbocycles. The number of nitrogens with zero attached hydrogens (tertiary/aromatic N) is 1. The maximum Gasteiger partial charge on any atom is 0.123 e. The molecule has 0 amide bonds. The van der Waals surface area contributed by atoms with Crippen molar-refractivity contribution in [1.29, 1.82) is 0 Å². The molecule has 94 valence electrons. The van der Waals surface area contributed by atoms with E-state index >= 15 is 0 Å². The number of rotatable bonds is 4. The highest BCUT2D eigenvalue weighted by molar-refractivity contribution is 6.30. The molecule has 0 fully saturated rings. The minimum Gasteiger partial charge on any atom is -0.311 e. The van der Waals surface area contributed by atoms with Crippen molar-refractivity contribution in [2.75, 3.05) is 7.05 Å². The summed E-state index contributed by atoms with van der Waals surface area (Å²) >= 11 is 5.81. The van der Waals surface area contributed by atoms with Crippen LogP contribution in [0.3, 0.4) is 0 Å². The Hall–Kier alpha value is -1.45. The van der Waals surface area contributed by atoms with E-state index in [1.54, 1.807) is 24.4 Å². The molecule has 1 N–H and O–H groups in total. The van der Waals surface area contributed by atoms with Gasteiger partial charge in [-0.15, -0.1) is 0 Å². The first-order valence-corrected chi connectivity index (χ1v) is 6.10. The Morgan fingerprint density at radius 3 is 2.78 bits per heavy atom. The van der Waals surface area contributed by atoms with Crippen molar-refractivity contribution >= 4 is 11.6 Å². The lowest BCUT2D eigenvalue weighted by Crippen LogP contribution is -2.20. The van der Waals surface area contributed by atoms with E-state index in [0.717, 1.165) is 11.3 Å². The summed E-state index contributed by atoms with van der Waals surface area (Å²) < 4.78 is 13.1. The molecular formula is C14H14ClFN2. The lowest BCUT2D eigenvalue weighted by atomic mass is 10.0. The maximum atomic E-state index is 13.1. The third-order valence-electron chi connectivity index (χ3n) is 2.78. The molecule has 0 spiro atoms. The van der Waals surface area contributed by atoms with Gasteiger partial charge in [-0.1, -0.05) is 23.7 Å². The van der Waals surface area contributed by atoms with Crippen LogP contribution in [0.4, 0.5) is 4.39 Å². The van der Waals surface area contributed by atoms with Crippen molar-refractivity contribution in [2.24, 2.45) is 0 Å². The first-order chi connectivity index (χ1) is 8.69. The van der Waals surface area contributed by atoms with Crippen molar-refractivity contribution in [1.82, 2.24) is 10.3 Å². The van der Waals surface area contributed by atoms with Crippen LogP contribution in [-0.4, -0.2) is 12.0 Å². The van der Waals surface area contributed by atoms with E-state index in [4.69, 9.17) is 11.6 Å². The topological polar surface area (TPSA) is 24.9 Å². The average Bonchev–Trinajstić information content (AvgIpc) is 2.37. The molecule has 0 aliphatic heterocycles. The quantitative estimate of drug-likeness (QED) is 0.916. The van der Waals surface area contributed by atoms with Crippen LogP contribution >= 0.6 is 11.6 Å². The fourth-order valence-electron chi connectivity index (χ4n) is 1.85. The Morgan fingerprint density at radius 1 is 1.33 bits per heavy atom. The lowest BCUT2D eigenvalue weighted by Gasteiger charge is -2.15. The third kappa shape index (κ3) is 3.28. The monoisotopic (exact) mass is 264 g/mol. The number of pyridine rings is 1. The molecule has 2 nitrogen and oxygen atoms in total. The molecule has 1 atom stereocenters. The van der Waals surface area contributed by atoms with Crippen LogP contribution in [-0.2, 0) is 6.42 Å². The Bertz CT molecular complexity index is 513. The highest BCUT2D eigenvalue weighted by Gasteiger charge is 2.11. The zero-order valence-electron chi connectivity index (χ0n) is 10.0. The molecule has 0 saturated carbocycles. The van der Waals surface area contributed by atoms with Crippen LogP contribution < -0.4 is 5.32 Å². The van der Waals surface area contributed by atoms with E-state index in [0.29, 0.717) is 11.4 Å². The van der Waals surface area contributed by atoms with Gasteiger partial charge in [0.2, 0.25) is 0 Å². The fraction of sp³-hybridized carbons (Fsp3) is 0.214. The first kappa shape index (κ1) is 13.0. The molecule has 1 unspecified atom stereocenters. The number of hydrogen-bond acceptors (Lipinski definition) is 2. The average molecular weight is 265 g/mol. The van der Waals surface area contributed by atoms with Crippen molar-refractivity contribution in [3.05, 3.63) is 64.7 Å². The molecule has 0 bridgehead atoms. The van der Waals surface area contributed by atoms with E-state index in [1.807, 2.05) is 19.2 Å². The van der Waals surface area contributed by atoms with Gasteiger partial charge in [-0.2, -0.15) is 0 Å². The van der Waals surface area contributed by atoms with Crippen LogP contribution in [0, 0.1) is 5.82 Å². The summed E-state index contributed by atoms with van der Waals surface area (Å²) in [6, 6.07) is 10.3. The Kier molecular flexibility index (Phi) is 4.28. The first-order valence-electron chi connectivity index (χ1n) is 5.72. The van der Waals surface area contributed by atoms with E-state index in [-0.39, 0.29) is 11.9 Å².